The van der Waals surface area contributed by atoms with Crippen LogP contribution in [0, 0.1) is 0 Å². The van der Waals surface area contributed by atoms with E-state index in [2.05, 4.69) is 16.0 Å². The van der Waals surface area contributed by atoms with Gasteiger partial charge in [-0.15, -0.1) is 0 Å². The Morgan fingerprint density at radius 3 is 2.35 bits per heavy atom. The van der Waals surface area contributed by atoms with Crippen molar-refractivity contribution >= 4 is 11.8 Å². The predicted octanol–water partition coefficient (Wildman–Crippen LogP) is 3.86. The van der Waals surface area contributed by atoms with Crippen LogP contribution in [0.5, 0.6) is 11.5 Å². The minimum Gasteiger partial charge on any atom is -0.493 e. The Hall–Kier alpha value is -4.02. The van der Waals surface area contributed by atoms with Gasteiger partial charge in [-0.1, -0.05) is 6.07 Å². The zero-order valence-electron chi connectivity index (χ0n) is 18.3. The van der Waals surface area contributed by atoms with Crippen molar-refractivity contribution in [2.75, 3.05) is 14.2 Å². The van der Waals surface area contributed by atoms with E-state index in [-0.39, 0.29) is 22.7 Å². The van der Waals surface area contributed by atoms with Crippen LogP contribution in [0.1, 0.15) is 50.7 Å². The summed E-state index contributed by atoms with van der Waals surface area (Å²) >= 11 is 0. The van der Waals surface area contributed by atoms with E-state index in [0.29, 0.717) is 17.2 Å². The van der Waals surface area contributed by atoms with Gasteiger partial charge in [0.2, 0.25) is 0 Å². The highest BCUT2D eigenvalue weighted by molar-refractivity contribution is 6.00. The lowest BCUT2D eigenvalue weighted by molar-refractivity contribution is -0.137. The molecule has 1 fully saturated rings. The Labute approximate surface area is 192 Å². The maximum Gasteiger partial charge on any atom is 0.416 e. The minimum atomic E-state index is -4.50. The van der Waals surface area contributed by atoms with Crippen LogP contribution < -0.4 is 20.3 Å². The molecule has 0 unspecified atom stereocenters. The summed E-state index contributed by atoms with van der Waals surface area (Å²) in [6.45, 7) is 0. The number of amides is 2. The first-order valence-electron chi connectivity index (χ1n) is 10.3. The number of benzene rings is 2. The summed E-state index contributed by atoms with van der Waals surface area (Å²) in [5.74, 6) is -0.445. The topological polar surface area (TPSA) is 94.5 Å². The van der Waals surface area contributed by atoms with Crippen molar-refractivity contribution in [1.29, 1.82) is 0 Å². The van der Waals surface area contributed by atoms with Crippen LogP contribution in [0.3, 0.4) is 0 Å². The molecule has 0 bridgehead atoms. The Morgan fingerprint density at radius 2 is 1.71 bits per heavy atom. The third-order valence-corrected chi connectivity index (χ3v) is 5.37. The smallest absolute Gasteiger partial charge is 0.416 e. The molecule has 178 valence electrons. The monoisotopic (exact) mass is 474 g/mol. The van der Waals surface area contributed by atoms with Crippen LogP contribution in [0.15, 0.2) is 48.7 Å². The number of rotatable bonds is 6. The van der Waals surface area contributed by atoms with Crippen molar-refractivity contribution in [2.45, 2.75) is 24.9 Å². The van der Waals surface area contributed by atoms with Gasteiger partial charge in [-0.2, -0.15) is 18.3 Å². The second-order valence-electron chi connectivity index (χ2n) is 7.66. The van der Waals surface area contributed by atoms with Gasteiger partial charge in [0.15, 0.2) is 11.5 Å². The van der Waals surface area contributed by atoms with Gasteiger partial charge >= 0.3 is 6.18 Å². The van der Waals surface area contributed by atoms with Crippen LogP contribution in [-0.2, 0) is 6.18 Å². The first kappa shape index (κ1) is 23.1. The van der Waals surface area contributed by atoms with Crippen molar-refractivity contribution in [1.82, 2.24) is 20.6 Å². The zero-order valence-corrected chi connectivity index (χ0v) is 18.3. The third kappa shape index (κ3) is 4.68. The van der Waals surface area contributed by atoms with E-state index in [1.54, 1.807) is 6.07 Å². The molecule has 2 amide bonds. The molecule has 2 N–H and O–H groups in total. The number of alkyl halides is 3. The fourth-order valence-corrected chi connectivity index (χ4v) is 3.53. The highest BCUT2D eigenvalue weighted by Gasteiger charge is 2.34. The molecule has 1 aliphatic rings. The average molecular weight is 474 g/mol. The van der Waals surface area contributed by atoms with E-state index in [4.69, 9.17) is 9.47 Å². The molecule has 0 radical (unpaired) electrons. The minimum absolute atomic E-state index is 0.0145. The number of carbonyl (C=O) groups is 2. The van der Waals surface area contributed by atoms with Gasteiger partial charge in [0.1, 0.15) is 0 Å². The van der Waals surface area contributed by atoms with Crippen molar-refractivity contribution in [3.8, 4) is 17.2 Å². The van der Waals surface area contributed by atoms with Gasteiger partial charge in [0, 0.05) is 11.5 Å². The van der Waals surface area contributed by atoms with Crippen molar-refractivity contribution < 1.29 is 32.2 Å². The molecule has 1 aliphatic carbocycles. The molecular formula is C23H21F3N4O4. The first-order valence-corrected chi connectivity index (χ1v) is 10.3. The van der Waals surface area contributed by atoms with E-state index in [0.717, 1.165) is 25.0 Å². The lowest BCUT2D eigenvalue weighted by atomic mass is 10.1. The van der Waals surface area contributed by atoms with Crippen molar-refractivity contribution in [3.63, 3.8) is 0 Å². The number of hydrazine groups is 1. The summed E-state index contributed by atoms with van der Waals surface area (Å²) in [6.07, 6.45) is -1.66. The normalized spacial score (nSPS) is 13.3. The molecule has 3 aromatic rings. The first-order chi connectivity index (χ1) is 16.2. The Morgan fingerprint density at radius 1 is 1.00 bits per heavy atom. The van der Waals surface area contributed by atoms with Crippen molar-refractivity contribution in [2.24, 2.45) is 0 Å². The molecule has 34 heavy (non-hydrogen) atoms. The molecule has 0 aliphatic heterocycles. The van der Waals surface area contributed by atoms with E-state index in [1.807, 2.05) is 0 Å². The quantitative estimate of drug-likeness (QED) is 0.529. The molecule has 0 spiro atoms. The third-order valence-electron chi connectivity index (χ3n) is 5.37. The second kappa shape index (κ2) is 9.08. The SMILES string of the molecule is COc1ccc(C(=O)NNC(=O)c2cnn(-c3cccc(C(F)(F)F)c3)c2C2CC2)cc1OC. The Balaban J connectivity index is 1.54. The van der Waals surface area contributed by atoms with Crippen LogP contribution in [0.4, 0.5) is 13.2 Å². The van der Waals surface area contributed by atoms with Crippen LogP contribution in [-0.4, -0.2) is 35.8 Å². The Bertz CT molecular complexity index is 1240. The van der Waals surface area contributed by atoms with Gasteiger partial charge in [0.25, 0.3) is 11.8 Å². The Kier molecular flexibility index (Phi) is 6.18. The number of halogens is 3. The van der Waals surface area contributed by atoms with E-state index in [1.165, 1.54) is 49.4 Å². The molecule has 1 aromatic heterocycles. The molecule has 4 rings (SSSR count). The van der Waals surface area contributed by atoms with Gasteiger partial charge in [-0.05, 0) is 49.2 Å². The fourth-order valence-electron chi connectivity index (χ4n) is 3.53. The number of nitrogens with zero attached hydrogens (tertiary/aromatic N) is 2. The largest absolute Gasteiger partial charge is 0.493 e. The summed E-state index contributed by atoms with van der Waals surface area (Å²) in [6, 6.07) is 9.26. The maximum atomic E-state index is 13.1. The molecule has 0 saturated heterocycles. The van der Waals surface area contributed by atoms with Gasteiger partial charge in [0.05, 0.1) is 42.9 Å². The number of carbonyl (C=O) groups excluding carboxylic acids is 2. The molecule has 11 heteroatoms. The maximum absolute atomic E-state index is 13.1. The fraction of sp³-hybridized carbons (Fsp3) is 0.261. The number of hydrogen-bond donors (Lipinski definition) is 2. The van der Waals surface area contributed by atoms with Gasteiger partial charge in [-0.3, -0.25) is 20.4 Å². The number of nitrogens with one attached hydrogen (secondary N) is 2. The lowest BCUT2D eigenvalue weighted by Crippen LogP contribution is -2.41. The number of aromatic nitrogens is 2. The summed E-state index contributed by atoms with van der Waals surface area (Å²) in [5, 5.41) is 4.16. The average Bonchev–Trinajstić information content (AvgIpc) is 3.58. The van der Waals surface area contributed by atoms with E-state index in [9.17, 15) is 22.8 Å². The molecular weight excluding hydrogens is 453 g/mol. The molecule has 2 aromatic carbocycles. The summed E-state index contributed by atoms with van der Waals surface area (Å²) < 4.78 is 51.1. The van der Waals surface area contributed by atoms with Crippen molar-refractivity contribution in [3.05, 3.63) is 71.0 Å². The zero-order chi connectivity index (χ0) is 24.5. The summed E-state index contributed by atoms with van der Waals surface area (Å²) in [4.78, 5) is 25.3. The number of hydrogen-bond acceptors (Lipinski definition) is 5. The highest BCUT2D eigenvalue weighted by atomic mass is 19.4. The highest BCUT2D eigenvalue weighted by Crippen LogP contribution is 2.42. The molecule has 8 nitrogen and oxygen atoms in total. The molecule has 1 saturated carbocycles. The predicted molar refractivity (Wildman–Crippen MR) is 115 cm³/mol. The number of ether oxygens (including phenoxy) is 2. The van der Waals surface area contributed by atoms with E-state index >= 15 is 0 Å². The molecule has 0 atom stereocenters. The molecule has 1 heterocycles. The summed E-state index contributed by atoms with van der Waals surface area (Å²) in [5.41, 5.74) is 4.96. The van der Waals surface area contributed by atoms with Crippen LogP contribution >= 0.6 is 0 Å². The summed E-state index contributed by atoms with van der Waals surface area (Å²) in [7, 11) is 2.90. The standard InChI is InChI=1S/C23H21F3N4O4/c1-33-18-9-8-14(10-19(18)34-2)21(31)28-29-22(32)17-12-27-30(20(17)13-6-7-13)16-5-3-4-15(11-16)23(24,25)26/h3-5,8-13H,6-7H2,1-2H3,(H,28,31)(H,29,32). The van der Waals surface area contributed by atoms with Crippen LogP contribution in [0.2, 0.25) is 0 Å². The van der Waals surface area contributed by atoms with Gasteiger partial charge < -0.3 is 9.47 Å². The van der Waals surface area contributed by atoms with Gasteiger partial charge in [-0.25, -0.2) is 4.68 Å². The van der Waals surface area contributed by atoms with Crippen LogP contribution in [0.25, 0.3) is 5.69 Å². The lowest BCUT2D eigenvalue weighted by Gasteiger charge is -2.13. The van der Waals surface area contributed by atoms with E-state index < -0.39 is 23.6 Å². The second-order valence-corrected chi connectivity index (χ2v) is 7.66. The number of methoxy groups -OCH3 is 2.